The number of rotatable bonds is 4. The Balaban J connectivity index is 2.14. The highest BCUT2D eigenvalue weighted by molar-refractivity contribution is 5.94. The quantitative estimate of drug-likeness (QED) is 0.929. The monoisotopic (exact) mass is 270 g/mol. The molecule has 104 valence electrons. The number of aromatic nitrogens is 1. The van der Waals surface area contributed by atoms with Crippen molar-refractivity contribution in [3.63, 3.8) is 0 Å². The summed E-state index contributed by atoms with van der Waals surface area (Å²) in [6.45, 7) is 3.85. The van der Waals surface area contributed by atoms with E-state index in [0.717, 1.165) is 11.4 Å². The van der Waals surface area contributed by atoms with Crippen LogP contribution in [-0.2, 0) is 5.54 Å². The van der Waals surface area contributed by atoms with E-state index in [9.17, 15) is 4.79 Å². The Morgan fingerprint density at radius 1 is 1.15 bits per heavy atom. The van der Waals surface area contributed by atoms with Gasteiger partial charge in [0.05, 0.1) is 18.3 Å². The standard InChI is InChI=1S/C16H18N2O2/c1-16(2,14-6-4-5-11-17-14)18-15(19)12-7-9-13(20-3)10-8-12/h4-11H,1-3H3,(H,18,19). The summed E-state index contributed by atoms with van der Waals surface area (Å²) in [6, 6.07) is 12.7. The number of pyridine rings is 1. The Kier molecular flexibility index (Phi) is 4.03. The second-order valence-corrected chi connectivity index (χ2v) is 5.02. The summed E-state index contributed by atoms with van der Waals surface area (Å²) in [6.07, 6.45) is 1.72. The van der Waals surface area contributed by atoms with Crippen LogP contribution in [-0.4, -0.2) is 18.0 Å². The lowest BCUT2D eigenvalue weighted by molar-refractivity contribution is 0.0910. The fraction of sp³-hybridized carbons (Fsp3) is 0.250. The fourth-order valence-corrected chi connectivity index (χ4v) is 1.89. The second-order valence-electron chi connectivity index (χ2n) is 5.02. The Morgan fingerprint density at radius 3 is 2.40 bits per heavy atom. The summed E-state index contributed by atoms with van der Waals surface area (Å²) >= 11 is 0. The fourth-order valence-electron chi connectivity index (χ4n) is 1.89. The highest BCUT2D eigenvalue weighted by atomic mass is 16.5. The Bertz CT molecular complexity index is 577. The average Bonchev–Trinajstić information content (AvgIpc) is 2.48. The van der Waals surface area contributed by atoms with Gasteiger partial charge in [0.25, 0.3) is 5.91 Å². The Labute approximate surface area is 118 Å². The van der Waals surface area contributed by atoms with E-state index >= 15 is 0 Å². The first-order chi connectivity index (χ1) is 9.53. The summed E-state index contributed by atoms with van der Waals surface area (Å²) in [5.41, 5.74) is 0.884. The van der Waals surface area contributed by atoms with Crippen molar-refractivity contribution in [1.82, 2.24) is 10.3 Å². The second kappa shape index (κ2) is 5.74. The predicted molar refractivity (Wildman–Crippen MR) is 77.7 cm³/mol. The van der Waals surface area contributed by atoms with Gasteiger partial charge in [-0.25, -0.2) is 0 Å². The van der Waals surface area contributed by atoms with Crippen molar-refractivity contribution >= 4 is 5.91 Å². The van der Waals surface area contributed by atoms with Crippen LogP contribution in [0.3, 0.4) is 0 Å². The van der Waals surface area contributed by atoms with Crippen molar-refractivity contribution in [2.24, 2.45) is 0 Å². The molecule has 1 heterocycles. The predicted octanol–water partition coefficient (Wildman–Crippen LogP) is 2.76. The number of carbonyl (C=O) groups excluding carboxylic acids is 1. The normalized spacial score (nSPS) is 10.9. The molecule has 0 radical (unpaired) electrons. The molecule has 0 saturated carbocycles. The molecule has 2 rings (SSSR count). The van der Waals surface area contributed by atoms with Crippen molar-refractivity contribution < 1.29 is 9.53 Å². The molecule has 0 saturated heterocycles. The van der Waals surface area contributed by atoms with Crippen LogP contribution in [0.25, 0.3) is 0 Å². The van der Waals surface area contributed by atoms with Gasteiger partial charge in [-0.15, -0.1) is 0 Å². The number of methoxy groups -OCH3 is 1. The molecule has 4 heteroatoms. The molecule has 0 unspecified atom stereocenters. The molecule has 0 bridgehead atoms. The number of hydrogen-bond acceptors (Lipinski definition) is 3. The van der Waals surface area contributed by atoms with Crippen molar-refractivity contribution in [3.05, 3.63) is 59.9 Å². The van der Waals surface area contributed by atoms with Gasteiger partial charge < -0.3 is 10.1 Å². The van der Waals surface area contributed by atoms with Crippen LogP contribution >= 0.6 is 0 Å². The lowest BCUT2D eigenvalue weighted by atomic mass is 9.99. The maximum atomic E-state index is 12.3. The Morgan fingerprint density at radius 2 is 1.85 bits per heavy atom. The zero-order chi connectivity index (χ0) is 14.6. The van der Waals surface area contributed by atoms with Gasteiger partial charge >= 0.3 is 0 Å². The van der Waals surface area contributed by atoms with Crippen molar-refractivity contribution in [2.75, 3.05) is 7.11 Å². The molecule has 4 nitrogen and oxygen atoms in total. The molecule has 20 heavy (non-hydrogen) atoms. The smallest absolute Gasteiger partial charge is 0.252 e. The van der Waals surface area contributed by atoms with Gasteiger partial charge in [-0.2, -0.15) is 0 Å². The van der Waals surface area contributed by atoms with E-state index in [2.05, 4.69) is 10.3 Å². The minimum atomic E-state index is -0.529. The zero-order valence-electron chi connectivity index (χ0n) is 11.9. The maximum Gasteiger partial charge on any atom is 0.252 e. The van der Waals surface area contributed by atoms with E-state index in [0.29, 0.717) is 5.56 Å². The molecule has 0 fully saturated rings. The molecule has 0 aliphatic carbocycles. The van der Waals surface area contributed by atoms with Crippen LogP contribution in [0.2, 0.25) is 0 Å². The van der Waals surface area contributed by atoms with Gasteiger partial charge in [0.2, 0.25) is 0 Å². The number of hydrogen-bond donors (Lipinski definition) is 1. The number of ether oxygens (including phenoxy) is 1. The molecular weight excluding hydrogens is 252 g/mol. The van der Waals surface area contributed by atoms with Crippen LogP contribution < -0.4 is 10.1 Å². The third-order valence-electron chi connectivity index (χ3n) is 3.08. The van der Waals surface area contributed by atoms with E-state index in [1.54, 1.807) is 37.6 Å². The lowest BCUT2D eigenvalue weighted by Gasteiger charge is -2.25. The van der Waals surface area contributed by atoms with Crippen molar-refractivity contribution in [3.8, 4) is 5.75 Å². The van der Waals surface area contributed by atoms with Gasteiger partial charge in [-0.1, -0.05) is 6.07 Å². The first-order valence-corrected chi connectivity index (χ1v) is 6.41. The van der Waals surface area contributed by atoms with Crippen LogP contribution in [0.1, 0.15) is 29.9 Å². The molecule has 0 aliphatic heterocycles. The molecule has 1 N–H and O–H groups in total. The van der Waals surface area contributed by atoms with Crippen LogP contribution in [0.4, 0.5) is 0 Å². The van der Waals surface area contributed by atoms with E-state index in [1.165, 1.54) is 0 Å². The highest BCUT2D eigenvalue weighted by Crippen LogP contribution is 2.18. The summed E-state index contributed by atoms with van der Waals surface area (Å²) in [7, 11) is 1.60. The van der Waals surface area contributed by atoms with E-state index in [4.69, 9.17) is 4.74 Å². The first-order valence-electron chi connectivity index (χ1n) is 6.41. The maximum absolute atomic E-state index is 12.3. The molecule has 0 atom stereocenters. The van der Waals surface area contributed by atoms with Gasteiger partial charge in [0.15, 0.2) is 0 Å². The van der Waals surface area contributed by atoms with E-state index in [1.807, 2.05) is 32.0 Å². The molecule has 1 aromatic carbocycles. The molecule has 0 spiro atoms. The highest BCUT2D eigenvalue weighted by Gasteiger charge is 2.24. The Hall–Kier alpha value is -2.36. The number of carbonyl (C=O) groups is 1. The lowest BCUT2D eigenvalue weighted by Crippen LogP contribution is -2.41. The number of nitrogens with zero attached hydrogens (tertiary/aromatic N) is 1. The van der Waals surface area contributed by atoms with Crippen molar-refractivity contribution in [1.29, 1.82) is 0 Å². The molecule has 0 aliphatic rings. The number of nitrogens with one attached hydrogen (secondary N) is 1. The average molecular weight is 270 g/mol. The largest absolute Gasteiger partial charge is 0.497 e. The molecule has 1 amide bonds. The SMILES string of the molecule is COc1ccc(C(=O)NC(C)(C)c2ccccn2)cc1. The first kappa shape index (κ1) is 14.1. The van der Waals surface area contributed by atoms with Gasteiger partial charge in [-0.05, 0) is 50.2 Å². The summed E-state index contributed by atoms with van der Waals surface area (Å²) in [5.74, 6) is 0.592. The van der Waals surface area contributed by atoms with E-state index in [-0.39, 0.29) is 5.91 Å². The number of amides is 1. The third kappa shape index (κ3) is 3.15. The molecular formula is C16H18N2O2. The summed E-state index contributed by atoms with van der Waals surface area (Å²) < 4.78 is 5.08. The topological polar surface area (TPSA) is 51.2 Å². The van der Waals surface area contributed by atoms with Crippen molar-refractivity contribution in [2.45, 2.75) is 19.4 Å². The van der Waals surface area contributed by atoms with Crippen LogP contribution in [0, 0.1) is 0 Å². The van der Waals surface area contributed by atoms with Gasteiger partial charge in [-0.3, -0.25) is 9.78 Å². The van der Waals surface area contributed by atoms with Crippen LogP contribution in [0.15, 0.2) is 48.7 Å². The summed E-state index contributed by atoms with van der Waals surface area (Å²) in [4.78, 5) is 16.5. The third-order valence-corrected chi connectivity index (χ3v) is 3.08. The number of benzene rings is 1. The van der Waals surface area contributed by atoms with E-state index < -0.39 is 5.54 Å². The summed E-state index contributed by atoms with van der Waals surface area (Å²) in [5, 5.41) is 2.98. The minimum absolute atomic E-state index is 0.136. The molecule has 2 aromatic rings. The van der Waals surface area contributed by atoms with Gasteiger partial charge in [0.1, 0.15) is 5.75 Å². The molecule has 1 aromatic heterocycles. The van der Waals surface area contributed by atoms with Crippen LogP contribution in [0.5, 0.6) is 5.75 Å². The minimum Gasteiger partial charge on any atom is -0.497 e. The van der Waals surface area contributed by atoms with Gasteiger partial charge in [0, 0.05) is 11.8 Å². The zero-order valence-corrected chi connectivity index (χ0v) is 11.9.